The van der Waals surface area contributed by atoms with Crippen molar-refractivity contribution in [3.8, 4) is 11.5 Å². The summed E-state index contributed by atoms with van der Waals surface area (Å²) in [5.41, 5.74) is 0. The van der Waals surface area contributed by atoms with Crippen LogP contribution in [0.2, 0.25) is 0 Å². The van der Waals surface area contributed by atoms with E-state index in [1.165, 1.54) is 0 Å². The van der Waals surface area contributed by atoms with E-state index in [0.717, 1.165) is 12.1 Å². The molecule has 114 valence electrons. The minimum Gasteiger partial charge on any atom is -0.490 e. The Hall–Kier alpha value is -1.60. The number of ether oxygens (including phenoxy) is 2. The Morgan fingerprint density at radius 2 is 1.10 bits per heavy atom. The molecule has 0 saturated heterocycles. The van der Waals surface area contributed by atoms with Gasteiger partial charge in [0.15, 0.2) is 11.5 Å². The zero-order chi connectivity index (χ0) is 15.1. The van der Waals surface area contributed by atoms with E-state index in [-0.39, 0.29) is 0 Å². The van der Waals surface area contributed by atoms with Gasteiger partial charge in [0.1, 0.15) is 0 Å². The zero-order valence-electron chi connectivity index (χ0n) is 10.2. The van der Waals surface area contributed by atoms with Crippen LogP contribution in [-0.2, 0) is 0 Å². The Morgan fingerprint density at radius 1 is 0.750 bits per heavy atom. The van der Waals surface area contributed by atoms with Gasteiger partial charge in [-0.05, 0) is 12.1 Å². The number of hydrogen-bond acceptors (Lipinski definition) is 2. The highest BCUT2D eigenvalue weighted by molar-refractivity contribution is 5.35. The highest BCUT2D eigenvalue weighted by atomic mass is 19.3. The lowest BCUT2D eigenvalue weighted by molar-refractivity contribution is 0.110. The maximum atomic E-state index is 13.5. The van der Waals surface area contributed by atoms with E-state index >= 15 is 0 Å². The first-order chi connectivity index (χ1) is 9.41. The molecule has 8 heteroatoms. The summed E-state index contributed by atoms with van der Waals surface area (Å²) < 4.78 is 83.7. The Morgan fingerprint density at radius 3 is 1.40 bits per heavy atom. The van der Waals surface area contributed by atoms with Gasteiger partial charge in [-0.1, -0.05) is 0 Å². The smallest absolute Gasteiger partial charge is 0.241 e. The van der Waals surface area contributed by atoms with Crippen LogP contribution in [0, 0.1) is 11.6 Å². The summed E-state index contributed by atoms with van der Waals surface area (Å²) in [5, 5.41) is 0. The summed E-state index contributed by atoms with van der Waals surface area (Å²) in [6, 6.07) is 1.98. The van der Waals surface area contributed by atoms with E-state index < -0.39 is 62.0 Å². The SMILES string of the molecule is Fc1c(OCCC(F)F)ccc(OCCC(F)F)c1F. The largest absolute Gasteiger partial charge is 0.490 e. The van der Waals surface area contributed by atoms with Crippen LogP contribution in [0.3, 0.4) is 0 Å². The summed E-state index contributed by atoms with van der Waals surface area (Å²) in [4.78, 5) is 0. The van der Waals surface area contributed by atoms with E-state index in [4.69, 9.17) is 0 Å². The van der Waals surface area contributed by atoms with Crippen molar-refractivity contribution < 1.29 is 35.8 Å². The van der Waals surface area contributed by atoms with Gasteiger partial charge in [-0.3, -0.25) is 0 Å². The van der Waals surface area contributed by atoms with E-state index in [1.54, 1.807) is 0 Å². The number of halogens is 6. The molecule has 0 radical (unpaired) electrons. The topological polar surface area (TPSA) is 18.5 Å². The number of rotatable bonds is 8. The highest BCUT2D eigenvalue weighted by Crippen LogP contribution is 2.28. The van der Waals surface area contributed by atoms with Crippen LogP contribution in [0.25, 0.3) is 0 Å². The average Bonchev–Trinajstić information content (AvgIpc) is 2.36. The Bertz CT molecular complexity index is 386. The molecule has 1 aromatic rings. The summed E-state index contributed by atoms with van der Waals surface area (Å²) in [5.74, 6) is -3.89. The van der Waals surface area contributed by atoms with Gasteiger partial charge in [-0.15, -0.1) is 0 Å². The van der Waals surface area contributed by atoms with Gasteiger partial charge >= 0.3 is 0 Å². The number of hydrogen-bond donors (Lipinski definition) is 0. The Kier molecular flexibility index (Phi) is 6.47. The quantitative estimate of drug-likeness (QED) is 0.675. The predicted molar refractivity (Wildman–Crippen MR) is 58.6 cm³/mol. The van der Waals surface area contributed by atoms with E-state index in [9.17, 15) is 26.3 Å². The maximum Gasteiger partial charge on any atom is 0.241 e. The third-order valence-corrected chi connectivity index (χ3v) is 2.20. The number of benzene rings is 1. The van der Waals surface area contributed by atoms with Crippen molar-refractivity contribution in [2.24, 2.45) is 0 Å². The molecule has 1 rings (SSSR count). The van der Waals surface area contributed by atoms with Gasteiger partial charge < -0.3 is 9.47 Å². The van der Waals surface area contributed by atoms with Crippen LogP contribution >= 0.6 is 0 Å². The molecule has 0 heterocycles. The second-order valence-corrected chi connectivity index (χ2v) is 3.75. The molecule has 0 N–H and O–H groups in total. The van der Waals surface area contributed by atoms with Crippen molar-refractivity contribution in [2.45, 2.75) is 25.7 Å². The van der Waals surface area contributed by atoms with Crippen molar-refractivity contribution in [1.82, 2.24) is 0 Å². The van der Waals surface area contributed by atoms with Crippen molar-refractivity contribution in [1.29, 1.82) is 0 Å². The first-order valence-corrected chi connectivity index (χ1v) is 5.71. The molecule has 0 spiro atoms. The molecular formula is C12H12F6O2. The average molecular weight is 302 g/mol. The fraction of sp³-hybridized carbons (Fsp3) is 0.500. The molecule has 2 nitrogen and oxygen atoms in total. The first-order valence-electron chi connectivity index (χ1n) is 5.71. The molecule has 0 atom stereocenters. The fourth-order valence-electron chi connectivity index (χ4n) is 1.25. The lowest BCUT2D eigenvalue weighted by Gasteiger charge is -2.11. The molecule has 0 unspecified atom stereocenters. The van der Waals surface area contributed by atoms with E-state index in [2.05, 4.69) is 9.47 Å². The first kappa shape index (κ1) is 16.5. The monoisotopic (exact) mass is 302 g/mol. The standard InChI is InChI=1S/C12H12F6O2/c13-9(14)3-5-19-7-1-2-8(12(18)11(7)17)20-6-4-10(15)16/h1-2,9-10H,3-6H2. The molecule has 0 aliphatic carbocycles. The minimum absolute atomic E-state index is 0.473. The molecular weight excluding hydrogens is 290 g/mol. The van der Waals surface area contributed by atoms with Gasteiger partial charge in [0, 0.05) is 12.8 Å². The molecule has 0 bridgehead atoms. The van der Waals surface area contributed by atoms with Crippen LogP contribution in [0.4, 0.5) is 26.3 Å². The van der Waals surface area contributed by atoms with Crippen molar-refractivity contribution in [3.05, 3.63) is 23.8 Å². The van der Waals surface area contributed by atoms with Crippen LogP contribution in [0.1, 0.15) is 12.8 Å². The predicted octanol–water partition coefficient (Wildman–Crippen LogP) is 4.03. The molecule has 20 heavy (non-hydrogen) atoms. The highest BCUT2D eigenvalue weighted by Gasteiger charge is 2.16. The summed E-state index contributed by atoms with van der Waals surface area (Å²) in [7, 11) is 0. The van der Waals surface area contributed by atoms with Gasteiger partial charge in [0.2, 0.25) is 24.5 Å². The molecule has 0 aromatic heterocycles. The molecule has 0 aliphatic heterocycles. The Balaban J connectivity index is 2.61. The molecule has 1 aromatic carbocycles. The Labute approximate surface area is 111 Å². The normalized spacial score (nSPS) is 11.2. The van der Waals surface area contributed by atoms with Gasteiger partial charge in [-0.2, -0.15) is 8.78 Å². The van der Waals surface area contributed by atoms with Gasteiger partial charge in [0.25, 0.3) is 0 Å². The van der Waals surface area contributed by atoms with Crippen molar-refractivity contribution in [3.63, 3.8) is 0 Å². The maximum absolute atomic E-state index is 13.5. The van der Waals surface area contributed by atoms with E-state index in [0.29, 0.717) is 0 Å². The number of alkyl halides is 4. The van der Waals surface area contributed by atoms with Crippen LogP contribution in [0.15, 0.2) is 12.1 Å². The summed E-state index contributed by atoms with van der Waals surface area (Å²) in [6.07, 6.45) is -6.46. The molecule has 0 saturated carbocycles. The van der Waals surface area contributed by atoms with Crippen LogP contribution in [0.5, 0.6) is 11.5 Å². The third kappa shape index (κ3) is 5.18. The fourth-order valence-corrected chi connectivity index (χ4v) is 1.25. The lowest BCUT2D eigenvalue weighted by atomic mass is 10.3. The molecule has 0 fully saturated rings. The van der Waals surface area contributed by atoms with Crippen LogP contribution in [-0.4, -0.2) is 26.1 Å². The molecule has 0 amide bonds. The van der Waals surface area contributed by atoms with Gasteiger partial charge in [0.05, 0.1) is 13.2 Å². The second kappa shape index (κ2) is 7.86. The van der Waals surface area contributed by atoms with E-state index in [1.807, 2.05) is 0 Å². The minimum atomic E-state index is -2.61. The second-order valence-electron chi connectivity index (χ2n) is 3.75. The lowest BCUT2D eigenvalue weighted by Crippen LogP contribution is -2.07. The van der Waals surface area contributed by atoms with Crippen molar-refractivity contribution in [2.75, 3.05) is 13.2 Å². The third-order valence-electron chi connectivity index (χ3n) is 2.20. The van der Waals surface area contributed by atoms with Gasteiger partial charge in [-0.25, -0.2) is 17.6 Å². The summed E-state index contributed by atoms with van der Waals surface area (Å²) >= 11 is 0. The summed E-state index contributed by atoms with van der Waals surface area (Å²) in [6.45, 7) is -0.945. The van der Waals surface area contributed by atoms with Crippen molar-refractivity contribution >= 4 is 0 Å². The zero-order valence-corrected chi connectivity index (χ0v) is 10.2. The van der Waals surface area contributed by atoms with Crippen LogP contribution < -0.4 is 9.47 Å². The molecule has 0 aliphatic rings.